The zero-order valence-electron chi connectivity index (χ0n) is 7.33. The van der Waals surface area contributed by atoms with E-state index in [0.29, 0.717) is 0 Å². The zero-order chi connectivity index (χ0) is 10.9. The van der Waals surface area contributed by atoms with Gasteiger partial charge in [-0.2, -0.15) is 8.78 Å². The number of aliphatic carboxylic acids is 1. The first kappa shape index (κ1) is 11.1. The van der Waals surface area contributed by atoms with Gasteiger partial charge >= 0.3 is 11.9 Å². The molecule has 0 fully saturated rings. The Morgan fingerprint density at radius 1 is 1.64 bits per heavy atom. The Kier molecular flexibility index (Phi) is 2.86. The van der Waals surface area contributed by atoms with E-state index in [1.165, 1.54) is 6.07 Å². The molecular formula is C8H9F2NO2S. The lowest BCUT2D eigenvalue weighted by atomic mass is 10.1. The predicted molar refractivity (Wildman–Crippen MR) is 48.6 cm³/mol. The van der Waals surface area contributed by atoms with Crippen molar-refractivity contribution in [1.82, 2.24) is 0 Å². The van der Waals surface area contributed by atoms with Crippen LogP contribution in [-0.2, 0) is 4.79 Å². The lowest BCUT2D eigenvalue weighted by Gasteiger charge is -2.17. The molecule has 0 aliphatic carbocycles. The SMILES string of the molecule is Cc1ccc([C@@H](N)C(F)(F)C(=O)O)s1. The molecule has 3 N–H and O–H groups in total. The van der Waals surface area contributed by atoms with Crippen molar-refractivity contribution < 1.29 is 18.7 Å². The van der Waals surface area contributed by atoms with E-state index >= 15 is 0 Å². The minimum absolute atomic E-state index is 0.176. The number of carbonyl (C=O) groups is 1. The van der Waals surface area contributed by atoms with E-state index in [0.717, 1.165) is 16.2 Å². The average Bonchev–Trinajstić information content (AvgIpc) is 2.50. The summed E-state index contributed by atoms with van der Waals surface area (Å²) in [7, 11) is 0. The van der Waals surface area contributed by atoms with Crippen LogP contribution in [0.15, 0.2) is 12.1 Å². The first-order chi connectivity index (χ1) is 6.35. The van der Waals surface area contributed by atoms with Crippen molar-refractivity contribution in [3.63, 3.8) is 0 Å². The molecule has 14 heavy (non-hydrogen) atoms. The largest absolute Gasteiger partial charge is 0.477 e. The molecule has 0 radical (unpaired) electrons. The standard InChI is InChI=1S/C8H9F2NO2S/c1-4-2-3-5(14-4)6(11)8(9,10)7(12)13/h2-3,6H,11H2,1H3,(H,12,13)/t6-/m1/s1. The maximum Gasteiger partial charge on any atom is 0.376 e. The summed E-state index contributed by atoms with van der Waals surface area (Å²) in [6.45, 7) is 1.74. The maximum atomic E-state index is 12.9. The highest BCUT2D eigenvalue weighted by Crippen LogP contribution is 2.33. The van der Waals surface area contributed by atoms with Crippen molar-refractivity contribution in [2.24, 2.45) is 5.73 Å². The number of alkyl halides is 2. The molecule has 0 aromatic carbocycles. The van der Waals surface area contributed by atoms with Crippen molar-refractivity contribution in [3.05, 3.63) is 21.9 Å². The minimum atomic E-state index is -3.92. The number of hydrogen-bond donors (Lipinski definition) is 2. The van der Waals surface area contributed by atoms with Gasteiger partial charge in [0.15, 0.2) is 0 Å². The molecule has 78 valence electrons. The average molecular weight is 221 g/mol. The van der Waals surface area contributed by atoms with Crippen LogP contribution in [0.4, 0.5) is 8.78 Å². The first-order valence-corrected chi connectivity index (χ1v) is 4.60. The smallest absolute Gasteiger partial charge is 0.376 e. The summed E-state index contributed by atoms with van der Waals surface area (Å²) < 4.78 is 25.8. The van der Waals surface area contributed by atoms with E-state index < -0.39 is 17.9 Å². The normalized spacial score (nSPS) is 14.0. The molecule has 0 saturated carbocycles. The van der Waals surface area contributed by atoms with Crippen molar-refractivity contribution >= 4 is 17.3 Å². The van der Waals surface area contributed by atoms with Gasteiger partial charge in [-0.3, -0.25) is 0 Å². The van der Waals surface area contributed by atoms with E-state index in [4.69, 9.17) is 10.8 Å². The van der Waals surface area contributed by atoms with Crippen LogP contribution in [0.1, 0.15) is 15.8 Å². The molecule has 1 rings (SSSR count). The molecule has 1 heterocycles. The predicted octanol–water partition coefficient (Wildman–Crippen LogP) is 1.78. The molecule has 1 atom stereocenters. The minimum Gasteiger partial charge on any atom is -0.477 e. The highest BCUT2D eigenvalue weighted by molar-refractivity contribution is 7.12. The van der Waals surface area contributed by atoms with E-state index in [1.807, 2.05) is 0 Å². The number of rotatable bonds is 3. The summed E-state index contributed by atoms with van der Waals surface area (Å²) in [6, 6.07) is 1.26. The Labute approximate surface area is 83.2 Å². The molecular weight excluding hydrogens is 212 g/mol. The summed E-state index contributed by atoms with van der Waals surface area (Å²) in [5.74, 6) is -6.12. The number of carboxylic acid groups (broad SMARTS) is 1. The van der Waals surface area contributed by atoms with Crippen LogP contribution in [0.3, 0.4) is 0 Å². The van der Waals surface area contributed by atoms with Crippen LogP contribution >= 0.6 is 11.3 Å². The Morgan fingerprint density at radius 2 is 2.21 bits per heavy atom. The number of carboxylic acids is 1. The molecule has 0 spiro atoms. The molecule has 6 heteroatoms. The van der Waals surface area contributed by atoms with Gasteiger partial charge in [0.25, 0.3) is 0 Å². The molecule has 0 amide bonds. The lowest BCUT2D eigenvalue weighted by molar-refractivity contribution is -0.168. The number of nitrogens with two attached hydrogens (primary N) is 1. The quantitative estimate of drug-likeness (QED) is 0.817. The topological polar surface area (TPSA) is 63.3 Å². The van der Waals surface area contributed by atoms with E-state index in [9.17, 15) is 13.6 Å². The van der Waals surface area contributed by atoms with Gasteiger partial charge in [0.1, 0.15) is 6.04 Å². The second kappa shape index (κ2) is 3.62. The molecule has 1 aromatic rings. The number of halogens is 2. The highest BCUT2D eigenvalue weighted by atomic mass is 32.1. The third-order valence-electron chi connectivity index (χ3n) is 1.74. The fraction of sp³-hybridized carbons (Fsp3) is 0.375. The van der Waals surface area contributed by atoms with Crippen molar-refractivity contribution in [2.45, 2.75) is 18.9 Å². The van der Waals surface area contributed by atoms with Gasteiger partial charge in [-0.15, -0.1) is 11.3 Å². The van der Waals surface area contributed by atoms with Gasteiger partial charge in [-0.1, -0.05) is 0 Å². The van der Waals surface area contributed by atoms with Gasteiger partial charge in [0.2, 0.25) is 0 Å². The molecule has 3 nitrogen and oxygen atoms in total. The summed E-state index contributed by atoms with van der Waals surface area (Å²) in [4.78, 5) is 11.2. The Morgan fingerprint density at radius 3 is 2.57 bits per heavy atom. The second-order valence-corrected chi connectivity index (χ2v) is 4.17. The molecule has 0 saturated heterocycles. The second-order valence-electron chi connectivity index (χ2n) is 2.85. The number of thiophene rings is 1. The van der Waals surface area contributed by atoms with Gasteiger partial charge in [0, 0.05) is 9.75 Å². The fourth-order valence-electron chi connectivity index (χ4n) is 0.932. The number of hydrogen-bond acceptors (Lipinski definition) is 3. The highest BCUT2D eigenvalue weighted by Gasteiger charge is 2.46. The molecule has 0 unspecified atom stereocenters. The van der Waals surface area contributed by atoms with Crippen LogP contribution < -0.4 is 5.73 Å². The monoisotopic (exact) mass is 221 g/mol. The van der Waals surface area contributed by atoms with E-state index in [1.54, 1.807) is 13.0 Å². The lowest BCUT2D eigenvalue weighted by Crippen LogP contribution is -2.39. The Hall–Kier alpha value is -1.01. The third-order valence-corrected chi connectivity index (χ3v) is 2.83. The molecule has 0 aliphatic heterocycles. The fourth-order valence-corrected chi connectivity index (χ4v) is 1.85. The molecule has 0 bridgehead atoms. The Bertz CT molecular complexity index is 351. The van der Waals surface area contributed by atoms with Crippen LogP contribution in [-0.4, -0.2) is 17.0 Å². The summed E-state index contributed by atoms with van der Waals surface area (Å²) >= 11 is 1.07. The van der Waals surface area contributed by atoms with Crippen LogP contribution in [0.25, 0.3) is 0 Å². The number of aryl methyl sites for hydroxylation is 1. The maximum absolute atomic E-state index is 12.9. The van der Waals surface area contributed by atoms with Crippen molar-refractivity contribution in [3.8, 4) is 0 Å². The van der Waals surface area contributed by atoms with Crippen LogP contribution in [0.5, 0.6) is 0 Å². The Balaban J connectivity index is 2.95. The van der Waals surface area contributed by atoms with Crippen molar-refractivity contribution in [2.75, 3.05) is 0 Å². The summed E-state index contributed by atoms with van der Waals surface area (Å²) in [5, 5.41) is 8.25. The van der Waals surface area contributed by atoms with Gasteiger partial charge in [-0.05, 0) is 19.1 Å². The first-order valence-electron chi connectivity index (χ1n) is 3.79. The van der Waals surface area contributed by atoms with Gasteiger partial charge in [0.05, 0.1) is 0 Å². The third kappa shape index (κ3) is 1.91. The summed E-state index contributed by atoms with van der Waals surface area (Å²) in [5.41, 5.74) is 5.17. The van der Waals surface area contributed by atoms with Gasteiger partial charge < -0.3 is 10.8 Å². The molecule has 0 aliphatic rings. The zero-order valence-corrected chi connectivity index (χ0v) is 8.15. The van der Waals surface area contributed by atoms with Crippen molar-refractivity contribution in [1.29, 1.82) is 0 Å². The van der Waals surface area contributed by atoms with Gasteiger partial charge in [-0.25, -0.2) is 4.79 Å². The molecule has 1 aromatic heterocycles. The van der Waals surface area contributed by atoms with E-state index in [2.05, 4.69) is 0 Å². The van der Waals surface area contributed by atoms with Crippen LogP contribution in [0.2, 0.25) is 0 Å². The van der Waals surface area contributed by atoms with E-state index in [-0.39, 0.29) is 4.88 Å². The summed E-state index contributed by atoms with van der Waals surface area (Å²) in [6.07, 6.45) is 0. The van der Waals surface area contributed by atoms with Crippen LogP contribution in [0, 0.1) is 6.92 Å².